The summed E-state index contributed by atoms with van der Waals surface area (Å²) in [6.45, 7) is 2.40. The van der Waals surface area contributed by atoms with Gasteiger partial charge in [0.1, 0.15) is 11.6 Å². The fourth-order valence-corrected chi connectivity index (χ4v) is 1.83. The first-order valence-corrected chi connectivity index (χ1v) is 6.85. The molecule has 1 amide bonds. The van der Waals surface area contributed by atoms with Crippen LogP contribution >= 0.6 is 23.2 Å². The van der Waals surface area contributed by atoms with E-state index >= 15 is 0 Å². The Morgan fingerprint density at radius 3 is 2.68 bits per heavy atom. The van der Waals surface area contributed by atoms with Crippen LogP contribution in [-0.2, 0) is 0 Å². The van der Waals surface area contributed by atoms with Gasteiger partial charge < -0.3 is 5.32 Å². The van der Waals surface area contributed by atoms with Gasteiger partial charge in [-0.3, -0.25) is 4.79 Å². The van der Waals surface area contributed by atoms with Crippen LogP contribution in [0.4, 0.5) is 8.78 Å². The minimum absolute atomic E-state index is 0.340. The van der Waals surface area contributed by atoms with Crippen LogP contribution in [0.2, 0.25) is 5.02 Å². The molecule has 0 spiro atoms. The summed E-state index contributed by atoms with van der Waals surface area (Å²) in [6.07, 6.45) is 1.60. The number of hydrogen-bond acceptors (Lipinski definition) is 1. The number of carbonyl (C=O) groups excluding carboxylic acids is 1. The first-order valence-electron chi connectivity index (χ1n) is 5.94. The molecule has 1 aromatic rings. The van der Waals surface area contributed by atoms with Crippen molar-refractivity contribution in [3.05, 3.63) is 34.4 Å². The summed E-state index contributed by atoms with van der Waals surface area (Å²) in [5.74, 6) is -1.37. The Bertz CT molecular complexity index is 455. The fourth-order valence-electron chi connectivity index (χ4n) is 1.52. The second-order valence-corrected chi connectivity index (χ2v) is 5.12. The Morgan fingerprint density at radius 1 is 1.37 bits per heavy atom. The van der Waals surface area contributed by atoms with E-state index in [1.807, 2.05) is 6.92 Å². The molecule has 106 valence electrons. The number of nitrogens with one attached hydrogen (secondary N) is 1. The summed E-state index contributed by atoms with van der Waals surface area (Å²) < 4.78 is 26.6. The van der Waals surface area contributed by atoms with Gasteiger partial charge in [0.25, 0.3) is 5.91 Å². The minimum Gasteiger partial charge on any atom is -0.352 e. The highest BCUT2D eigenvalue weighted by atomic mass is 35.5. The van der Waals surface area contributed by atoms with Crippen molar-refractivity contribution in [3.63, 3.8) is 0 Å². The molecule has 0 aliphatic rings. The molecule has 0 saturated carbocycles. The van der Waals surface area contributed by atoms with E-state index < -0.39 is 17.5 Å². The molecule has 2 nitrogen and oxygen atoms in total. The Morgan fingerprint density at radius 2 is 2.05 bits per heavy atom. The Balaban J connectivity index is 2.52. The predicted octanol–water partition coefficient (Wildman–Crippen LogP) is 4.00. The quantitative estimate of drug-likeness (QED) is 0.480. The second-order valence-electron chi connectivity index (χ2n) is 4.40. The van der Waals surface area contributed by atoms with Crippen molar-refractivity contribution in [2.75, 3.05) is 12.4 Å². The Labute approximate surface area is 121 Å². The normalized spacial score (nSPS) is 12.3. The lowest BCUT2D eigenvalue weighted by molar-refractivity contribution is 0.0948. The average molecular weight is 310 g/mol. The molecule has 1 aromatic carbocycles. The molecule has 0 bridgehead atoms. The Kier molecular flexibility index (Phi) is 6.52. The molecule has 1 atom stereocenters. The number of rotatable bonds is 6. The van der Waals surface area contributed by atoms with Crippen LogP contribution in [0.1, 0.15) is 30.1 Å². The molecule has 0 radical (unpaired) electrons. The predicted molar refractivity (Wildman–Crippen MR) is 72.8 cm³/mol. The van der Waals surface area contributed by atoms with E-state index in [-0.39, 0.29) is 10.6 Å². The van der Waals surface area contributed by atoms with Gasteiger partial charge in [-0.1, -0.05) is 18.5 Å². The van der Waals surface area contributed by atoms with Crippen LogP contribution in [-0.4, -0.2) is 18.3 Å². The smallest absolute Gasteiger partial charge is 0.254 e. The lowest BCUT2D eigenvalue weighted by atomic mass is 10.1. The van der Waals surface area contributed by atoms with Crippen molar-refractivity contribution in [3.8, 4) is 0 Å². The summed E-state index contributed by atoms with van der Waals surface area (Å²) in [5, 5.41) is 2.19. The molecule has 0 fully saturated rings. The standard InChI is InChI=1S/C13H15Cl2F2NO/c1-8(7-14)3-2-4-18-13(19)9-5-12(17)10(15)6-11(9)16/h5-6,8H,2-4,7H2,1H3,(H,18,19). The van der Waals surface area contributed by atoms with Gasteiger partial charge in [-0.15, -0.1) is 11.6 Å². The van der Waals surface area contributed by atoms with Crippen molar-refractivity contribution < 1.29 is 13.6 Å². The molecule has 0 aliphatic heterocycles. The zero-order valence-corrected chi connectivity index (χ0v) is 12.0. The summed E-state index contributed by atoms with van der Waals surface area (Å²) in [7, 11) is 0. The van der Waals surface area contributed by atoms with Crippen molar-refractivity contribution in [1.82, 2.24) is 5.32 Å². The number of benzene rings is 1. The van der Waals surface area contributed by atoms with Crippen LogP contribution in [0.3, 0.4) is 0 Å². The van der Waals surface area contributed by atoms with E-state index in [2.05, 4.69) is 5.32 Å². The highest BCUT2D eigenvalue weighted by Gasteiger charge is 2.15. The van der Waals surface area contributed by atoms with E-state index in [9.17, 15) is 13.6 Å². The highest BCUT2D eigenvalue weighted by Crippen LogP contribution is 2.19. The van der Waals surface area contributed by atoms with Gasteiger partial charge in [0.2, 0.25) is 0 Å². The van der Waals surface area contributed by atoms with E-state index in [1.165, 1.54) is 0 Å². The molecule has 0 aromatic heterocycles. The molecule has 6 heteroatoms. The second kappa shape index (κ2) is 7.65. The van der Waals surface area contributed by atoms with E-state index in [4.69, 9.17) is 23.2 Å². The zero-order valence-electron chi connectivity index (χ0n) is 10.5. The topological polar surface area (TPSA) is 29.1 Å². The van der Waals surface area contributed by atoms with Gasteiger partial charge in [-0.05, 0) is 30.9 Å². The maximum Gasteiger partial charge on any atom is 0.254 e. The SMILES string of the molecule is CC(CCl)CCCNC(=O)c1cc(F)c(Cl)cc1F. The fraction of sp³-hybridized carbons (Fsp3) is 0.462. The van der Waals surface area contributed by atoms with Crippen LogP contribution in [0.5, 0.6) is 0 Å². The van der Waals surface area contributed by atoms with Gasteiger partial charge in [-0.25, -0.2) is 8.78 Å². The van der Waals surface area contributed by atoms with Gasteiger partial charge in [0.15, 0.2) is 0 Å². The third-order valence-corrected chi connectivity index (χ3v) is 3.49. The number of amides is 1. The number of alkyl halides is 1. The Hall–Kier alpha value is -0.870. The highest BCUT2D eigenvalue weighted by molar-refractivity contribution is 6.30. The van der Waals surface area contributed by atoms with Crippen LogP contribution in [0.25, 0.3) is 0 Å². The number of hydrogen-bond donors (Lipinski definition) is 1. The van der Waals surface area contributed by atoms with Crippen molar-refractivity contribution in [2.45, 2.75) is 19.8 Å². The maximum absolute atomic E-state index is 13.4. The third-order valence-electron chi connectivity index (χ3n) is 2.68. The van der Waals surface area contributed by atoms with Gasteiger partial charge in [-0.2, -0.15) is 0 Å². The first kappa shape index (κ1) is 16.2. The number of halogens is 4. The van der Waals surface area contributed by atoms with Crippen molar-refractivity contribution >= 4 is 29.1 Å². The van der Waals surface area contributed by atoms with Gasteiger partial charge >= 0.3 is 0 Å². The van der Waals surface area contributed by atoms with E-state index in [1.54, 1.807) is 0 Å². The van der Waals surface area contributed by atoms with Crippen molar-refractivity contribution in [2.24, 2.45) is 5.92 Å². The lowest BCUT2D eigenvalue weighted by Crippen LogP contribution is -2.26. The third kappa shape index (κ3) is 4.96. The summed E-state index contributed by atoms with van der Waals surface area (Å²) in [5.41, 5.74) is -0.340. The minimum atomic E-state index is -0.835. The zero-order chi connectivity index (χ0) is 14.4. The molecule has 0 saturated heterocycles. The van der Waals surface area contributed by atoms with E-state index in [0.717, 1.165) is 25.0 Å². The van der Waals surface area contributed by atoms with Gasteiger partial charge in [0, 0.05) is 12.4 Å². The summed E-state index contributed by atoms with van der Waals surface area (Å²) >= 11 is 11.1. The van der Waals surface area contributed by atoms with E-state index in [0.29, 0.717) is 18.3 Å². The average Bonchev–Trinajstić information content (AvgIpc) is 2.38. The molecule has 19 heavy (non-hydrogen) atoms. The largest absolute Gasteiger partial charge is 0.352 e. The summed E-state index contributed by atoms with van der Waals surface area (Å²) in [6, 6.07) is 1.59. The van der Waals surface area contributed by atoms with Crippen LogP contribution in [0.15, 0.2) is 12.1 Å². The monoisotopic (exact) mass is 309 g/mol. The van der Waals surface area contributed by atoms with Crippen molar-refractivity contribution in [1.29, 1.82) is 0 Å². The molecular weight excluding hydrogens is 295 g/mol. The molecule has 1 unspecified atom stereocenters. The first-order chi connectivity index (χ1) is 8.95. The molecule has 1 rings (SSSR count). The van der Waals surface area contributed by atoms with Crippen LogP contribution in [0, 0.1) is 17.6 Å². The molecule has 0 aliphatic carbocycles. The number of carbonyl (C=O) groups is 1. The lowest BCUT2D eigenvalue weighted by Gasteiger charge is -2.09. The molecule has 1 N–H and O–H groups in total. The molecule has 0 heterocycles. The van der Waals surface area contributed by atoms with Crippen LogP contribution < -0.4 is 5.32 Å². The summed E-state index contributed by atoms with van der Waals surface area (Å²) in [4.78, 5) is 11.7. The molecular formula is C13H15Cl2F2NO. The van der Waals surface area contributed by atoms with Gasteiger partial charge in [0.05, 0.1) is 10.6 Å². The maximum atomic E-state index is 13.4.